The highest BCUT2D eigenvalue weighted by Gasteiger charge is 2.85. The van der Waals surface area contributed by atoms with Crippen LogP contribution >= 0.6 is 31.9 Å². The van der Waals surface area contributed by atoms with Gasteiger partial charge in [0.2, 0.25) is 5.60 Å². The van der Waals surface area contributed by atoms with Crippen LogP contribution < -0.4 is 0 Å². The molecule has 0 aromatic carbocycles. The van der Waals surface area contributed by atoms with Crippen molar-refractivity contribution >= 4 is 67.4 Å². The van der Waals surface area contributed by atoms with Gasteiger partial charge >= 0.3 is 29.8 Å². The van der Waals surface area contributed by atoms with Crippen LogP contribution in [0.2, 0.25) is 0 Å². The number of hydrogen-bond acceptors (Lipinski definition) is 15. The van der Waals surface area contributed by atoms with Gasteiger partial charge in [-0.15, -0.1) is 5.06 Å². The van der Waals surface area contributed by atoms with Gasteiger partial charge in [0.05, 0.1) is 11.4 Å². The second-order valence-corrected chi connectivity index (χ2v) is 11.2. The topological polar surface area (TPSA) is 233 Å². The standard InChI is InChI=1S/C22H25Br2NO15/c1-7(27)37-20(18-16(33)15(32)14(31)11(6-26)36-18)12(23)5-13-21(38-8(2)28,22(20,24)39-9(3)29)17(34)19(35)25(13)40-10(4)30/h5,11-12,14-16,18,26,31-33H,6H2,1-4H3/t11-,12?,14-,15+,16-,18?,20?,21?,22?/m1/s1. The zero-order chi connectivity index (χ0) is 30.5. The molecule has 40 heavy (non-hydrogen) atoms. The van der Waals surface area contributed by atoms with E-state index in [0.717, 1.165) is 33.8 Å². The van der Waals surface area contributed by atoms with Gasteiger partial charge in [-0.05, 0) is 22.0 Å². The molecular weight excluding hydrogens is 678 g/mol. The predicted octanol–water partition coefficient (Wildman–Crippen LogP) is -2.36. The van der Waals surface area contributed by atoms with Gasteiger partial charge in [-0.2, -0.15) is 0 Å². The van der Waals surface area contributed by atoms with E-state index in [1.54, 1.807) is 0 Å². The van der Waals surface area contributed by atoms with E-state index in [1.165, 1.54) is 0 Å². The first-order valence-electron chi connectivity index (χ1n) is 11.4. The number of halogens is 2. The molecule has 0 aromatic rings. The van der Waals surface area contributed by atoms with Gasteiger partial charge in [0.25, 0.3) is 15.9 Å². The molecule has 16 nitrogen and oxygen atoms in total. The molecule has 222 valence electrons. The Hall–Kier alpha value is -2.48. The number of hydrogen-bond donors (Lipinski definition) is 4. The molecule has 0 bridgehead atoms. The van der Waals surface area contributed by atoms with Crippen LogP contribution in [0.15, 0.2) is 11.8 Å². The first-order valence-corrected chi connectivity index (χ1v) is 13.2. The van der Waals surface area contributed by atoms with Crippen LogP contribution in [0.25, 0.3) is 0 Å². The van der Waals surface area contributed by atoms with Crippen LogP contribution in [0.5, 0.6) is 0 Å². The van der Waals surface area contributed by atoms with E-state index in [-0.39, 0.29) is 5.06 Å². The molecule has 9 atom stereocenters. The number of nitrogens with zero attached hydrogens (tertiary/aromatic N) is 1. The van der Waals surface area contributed by atoms with Crippen molar-refractivity contribution in [2.45, 2.75) is 78.8 Å². The number of esters is 3. The normalized spacial score (nSPS) is 39.1. The fourth-order valence-corrected chi connectivity index (χ4v) is 7.46. The number of amides is 1. The Morgan fingerprint density at radius 2 is 1.48 bits per heavy atom. The minimum Gasteiger partial charge on any atom is -0.449 e. The number of rotatable bonds is 6. The highest BCUT2D eigenvalue weighted by molar-refractivity contribution is 9.10. The number of aliphatic hydroxyl groups excluding tert-OH is 4. The molecule has 2 aliphatic heterocycles. The van der Waals surface area contributed by atoms with E-state index in [2.05, 4.69) is 31.9 Å². The summed E-state index contributed by atoms with van der Waals surface area (Å²) in [6.45, 7) is 2.48. The van der Waals surface area contributed by atoms with Crippen LogP contribution in [0.4, 0.5) is 0 Å². The number of fused-ring (bicyclic) bond motifs is 1. The van der Waals surface area contributed by atoms with Crippen molar-refractivity contribution in [3.8, 4) is 0 Å². The van der Waals surface area contributed by atoms with Gasteiger partial charge in [0.1, 0.15) is 36.2 Å². The van der Waals surface area contributed by atoms with Gasteiger partial charge in [0.15, 0.2) is 0 Å². The quantitative estimate of drug-likeness (QED) is 0.0981. The van der Waals surface area contributed by atoms with Crippen LogP contribution in [0.3, 0.4) is 0 Å². The average molecular weight is 703 g/mol. The summed E-state index contributed by atoms with van der Waals surface area (Å²) in [5.41, 5.74) is -6.59. The van der Waals surface area contributed by atoms with E-state index < -0.39 is 98.9 Å². The third kappa shape index (κ3) is 4.54. The maximum absolute atomic E-state index is 13.8. The summed E-state index contributed by atoms with van der Waals surface area (Å²) in [7, 11) is 0. The van der Waals surface area contributed by atoms with E-state index >= 15 is 0 Å². The molecule has 2 saturated heterocycles. The second-order valence-electron chi connectivity index (χ2n) is 9.07. The summed E-state index contributed by atoms with van der Waals surface area (Å²) in [4.78, 5) is 79.6. The average Bonchev–Trinajstić information content (AvgIpc) is 3.02. The first kappa shape index (κ1) is 32.0. The van der Waals surface area contributed by atoms with Crippen LogP contribution in [0.1, 0.15) is 27.7 Å². The van der Waals surface area contributed by atoms with Gasteiger partial charge in [-0.3, -0.25) is 24.0 Å². The third-order valence-corrected chi connectivity index (χ3v) is 8.66. The lowest BCUT2D eigenvalue weighted by atomic mass is 9.68. The van der Waals surface area contributed by atoms with E-state index in [4.69, 9.17) is 23.8 Å². The van der Waals surface area contributed by atoms with Crippen molar-refractivity contribution in [3.63, 3.8) is 0 Å². The lowest BCUT2D eigenvalue weighted by Gasteiger charge is -2.59. The number of hydroxylamine groups is 2. The molecule has 0 saturated carbocycles. The third-order valence-electron chi connectivity index (χ3n) is 6.38. The first-order chi connectivity index (χ1) is 18.4. The number of ether oxygens (including phenoxy) is 4. The summed E-state index contributed by atoms with van der Waals surface area (Å²) in [5, 5.41) is 42.0. The van der Waals surface area contributed by atoms with E-state index in [1.807, 2.05) is 0 Å². The molecule has 0 radical (unpaired) electrons. The van der Waals surface area contributed by atoms with Crippen LogP contribution in [-0.2, 0) is 52.6 Å². The number of alkyl halides is 2. The SMILES string of the molecule is CC(=O)ON1C(=O)C(=O)C2(OC(C)=O)C1=CC(Br)C(OC(C)=O)(C1O[C@H](CO)[C@@H](O)[C@H](O)[C@H]1O)C2(Br)OC(C)=O. The van der Waals surface area contributed by atoms with Crippen LogP contribution in [0, 0.1) is 0 Å². The zero-order valence-corrected chi connectivity index (χ0v) is 24.4. The number of carbonyl (C=O) groups is 6. The Morgan fingerprint density at radius 3 is 1.95 bits per heavy atom. The molecule has 2 heterocycles. The Kier molecular flexibility index (Phi) is 8.87. The minimum atomic E-state index is -3.12. The van der Waals surface area contributed by atoms with Crippen molar-refractivity contribution in [1.82, 2.24) is 5.06 Å². The van der Waals surface area contributed by atoms with Crippen molar-refractivity contribution in [1.29, 1.82) is 0 Å². The van der Waals surface area contributed by atoms with Gasteiger partial charge < -0.3 is 44.2 Å². The zero-order valence-electron chi connectivity index (χ0n) is 21.2. The molecule has 5 unspecified atom stereocenters. The van der Waals surface area contributed by atoms with Crippen molar-refractivity contribution in [2.24, 2.45) is 0 Å². The van der Waals surface area contributed by atoms with Gasteiger partial charge in [-0.1, -0.05) is 15.9 Å². The Balaban J connectivity index is 2.51. The summed E-state index contributed by atoms with van der Waals surface area (Å²) >= 11 is 6.28. The maximum Gasteiger partial charge on any atom is 0.332 e. The Bertz CT molecular complexity index is 1170. The molecule has 3 rings (SSSR count). The Morgan fingerprint density at radius 1 is 0.925 bits per heavy atom. The van der Waals surface area contributed by atoms with Crippen molar-refractivity contribution in [3.05, 3.63) is 11.8 Å². The fraction of sp³-hybridized carbons (Fsp3) is 0.636. The summed E-state index contributed by atoms with van der Waals surface area (Å²) in [6.07, 6.45) is -8.97. The maximum atomic E-state index is 13.8. The number of ketones is 1. The number of aliphatic hydroxyl groups is 4. The highest BCUT2D eigenvalue weighted by atomic mass is 79.9. The summed E-state index contributed by atoms with van der Waals surface area (Å²) in [5.74, 6) is -7.96. The van der Waals surface area contributed by atoms with Crippen molar-refractivity contribution in [2.75, 3.05) is 6.61 Å². The molecule has 4 N–H and O–H groups in total. The predicted molar refractivity (Wildman–Crippen MR) is 131 cm³/mol. The minimum absolute atomic E-state index is 0.187. The summed E-state index contributed by atoms with van der Waals surface area (Å²) < 4.78 is 19.1. The largest absolute Gasteiger partial charge is 0.449 e. The Labute approximate surface area is 242 Å². The smallest absolute Gasteiger partial charge is 0.332 e. The fourth-order valence-electron chi connectivity index (χ4n) is 4.98. The molecule has 18 heteroatoms. The molecular formula is C22H25Br2NO15. The van der Waals surface area contributed by atoms with E-state index in [9.17, 15) is 49.2 Å². The second kappa shape index (κ2) is 11.1. The highest BCUT2D eigenvalue weighted by Crippen LogP contribution is 2.61. The number of Topliss-reactive ketones (excluding diaryl/α,β-unsaturated/α-hetero) is 1. The monoisotopic (exact) mass is 701 g/mol. The molecule has 0 aromatic heterocycles. The van der Waals surface area contributed by atoms with Crippen LogP contribution in [-0.4, -0.2) is 119 Å². The molecule has 0 spiro atoms. The lowest BCUT2D eigenvalue weighted by Crippen LogP contribution is -2.82. The van der Waals surface area contributed by atoms with Crippen molar-refractivity contribution < 1.29 is 73.0 Å². The molecule has 3 aliphatic rings. The lowest BCUT2D eigenvalue weighted by molar-refractivity contribution is -0.306. The molecule has 1 aliphatic carbocycles. The summed E-state index contributed by atoms with van der Waals surface area (Å²) in [6, 6.07) is 0. The molecule has 2 fully saturated rings. The molecule has 1 amide bonds. The van der Waals surface area contributed by atoms with Gasteiger partial charge in [-0.25, -0.2) is 4.79 Å². The van der Waals surface area contributed by atoms with Gasteiger partial charge in [0, 0.05) is 27.7 Å². The van der Waals surface area contributed by atoms with E-state index in [0.29, 0.717) is 0 Å². The number of carbonyl (C=O) groups excluding carboxylic acids is 6.